The molecule has 2 aromatic carbocycles. The van der Waals surface area contributed by atoms with Gasteiger partial charge in [0.05, 0.1) is 5.92 Å². The lowest BCUT2D eigenvalue weighted by molar-refractivity contribution is -0.136. The largest absolute Gasteiger partial charge is 0.377 e. The van der Waals surface area contributed by atoms with Gasteiger partial charge in [0.1, 0.15) is 0 Å². The molecular formula is C31H43N3O2. The molecule has 0 saturated heterocycles. The van der Waals surface area contributed by atoms with Crippen molar-refractivity contribution in [3.05, 3.63) is 59.7 Å². The number of amides is 2. The van der Waals surface area contributed by atoms with Crippen molar-refractivity contribution in [2.45, 2.75) is 89.6 Å². The van der Waals surface area contributed by atoms with E-state index in [1.54, 1.807) is 0 Å². The maximum atomic E-state index is 14.1. The van der Waals surface area contributed by atoms with E-state index in [-0.39, 0.29) is 29.7 Å². The number of anilines is 2. The number of rotatable bonds is 9. The molecule has 4 rings (SSSR count). The number of carbonyl (C=O) groups is 2. The molecule has 5 heteroatoms. The summed E-state index contributed by atoms with van der Waals surface area (Å²) in [6.45, 7) is 2.67. The topological polar surface area (TPSA) is 52.7 Å². The molecule has 0 heterocycles. The lowest BCUT2D eigenvalue weighted by Gasteiger charge is -2.37. The van der Waals surface area contributed by atoms with E-state index < -0.39 is 0 Å². The van der Waals surface area contributed by atoms with Gasteiger partial charge >= 0.3 is 0 Å². The van der Waals surface area contributed by atoms with Crippen molar-refractivity contribution in [2.75, 3.05) is 24.3 Å². The molecule has 5 nitrogen and oxygen atoms in total. The Balaban J connectivity index is 1.63. The molecule has 2 aliphatic rings. The van der Waals surface area contributed by atoms with E-state index in [0.717, 1.165) is 67.4 Å². The lowest BCUT2D eigenvalue weighted by Crippen LogP contribution is -2.43. The van der Waals surface area contributed by atoms with Crippen LogP contribution in [-0.2, 0) is 16.1 Å². The summed E-state index contributed by atoms with van der Waals surface area (Å²) in [5.41, 5.74) is 4.11. The molecule has 0 radical (unpaired) electrons. The van der Waals surface area contributed by atoms with Crippen molar-refractivity contribution in [1.29, 1.82) is 0 Å². The molecule has 1 atom stereocenters. The number of hydrogen-bond donors (Lipinski definition) is 1. The van der Waals surface area contributed by atoms with Crippen molar-refractivity contribution in [3.8, 4) is 0 Å². The third-order valence-electron chi connectivity index (χ3n) is 8.10. The third kappa shape index (κ3) is 6.29. The molecule has 194 valence electrons. The molecule has 0 unspecified atom stereocenters. The lowest BCUT2D eigenvalue weighted by atomic mass is 9.90. The van der Waals surface area contributed by atoms with Crippen LogP contribution in [0.1, 0.15) is 88.2 Å². The summed E-state index contributed by atoms with van der Waals surface area (Å²) >= 11 is 0. The van der Waals surface area contributed by atoms with Crippen molar-refractivity contribution in [3.63, 3.8) is 0 Å². The Hall–Kier alpha value is -2.82. The molecule has 0 bridgehead atoms. The van der Waals surface area contributed by atoms with Crippen LogP contribution in [0.4, 0.5) is 11.4 Å². The molecule has 0 aliphatic heterocycles. The summed E-state index contributed by atoms with van der Waals surface area (Å²) in [7, 11) is 4.09. The Morgan fingerprint density at radius 2 is 1.58 bits per heavy atom. The predicted octanol–water partition coefficient (Wildman–Crippen LogP) is 6.74. The van der Waals surface area contributed by atoms with Gasteiger partial charge in [0, 0.05) is 44.0 Å². The summed E-state index contributed by atoms with van der Waals surface area (Å²) in [6.07, 6.45) is 10.8. The van der Waals surface area contributed by atoms with Gasteiger partial charge in [-0.2, -0.15) is 0 Å². The molecule has 0 aromatic heterocycles. The minimum absolute atomic E-state index is 0.124. The number of benzene rings is 2. The van der Waals surface area contributed by atoms with Gasteiger partial charge in [-0.3, -0.25) is 9.59 Å². The maximum Gasteiger partial charge on any atom is 0.230 e. The van der Waals surface area contributed by atoms with E-state index in [1.165, 1.54) is 19.3 Å². The summed E-state index contributed by atoms with van der Waals surface area (Å²) in [5, 5.41) is 3.17. The van der Waals surface area contributed by atoms with E-state index >= 15 is 0 Å². The highest BCUT2D eigenvalue weighted by molar-refractivity contribution is 5.93. The minimum Gasteiger partial charge on any atom is -0.377 e. The quantitative estimate of drug-likeness (QED) is 0.424. The van der Waals surface area contributed by atoms with Gasteiger partial charge in [-0.1, -0.05) is 69.4 Å². The number of nitrogens with zero attached hydrogens (tertiary/aromatic N) is 2. The van der Waals surface area contributed by atoms with Gasteiger partial charge < -0.3 is 15.1 Å². The Kier molecular flexibility index (Phi) is 9.06. The highest BCUT2D eigenvalue weighted by Gasteiger charge is 2.31. The second-order valence-electron chi connectivity index (χ2n) is 10.8. The molecular weight excluding hydrogens is 446 g/mol. The molecule has 2 aliphatic carbocycles. The summed E-state index contributed by atoms with van der Waals surface area (Å²) in [6, 6.07) is 16.6. The van der Waals surface area contributed by atoms with Crippen molar-refractivity contribution >= 4 is 23.2 Å². The fourth-order valence-corrected chi connectivity index (χ4v) is 6.06. The standard InChI is InChI=1S/C31H43N3O2/c1-4-28(23-13-7-5-8-14-23)31(36)34(27-17-9-6-10-18-27)22-25-21-26(19-20-29(25)33(2)3)32-30(35)24-15-11-12-16-24/h5,7-8,13-14,19-21,24,27-28H,4,6,9-12,15-18,22H2,1-3H3,(H,32,35)/t28-/m1/s1. The fourth-order valence-electron chi connectivity index (χ4n) is 6.06. The van der Waals surface area contributed by atoms with Crippen LogP contribution in [0.5, 0.6) is 0 Å². The Morgan fingerprint density at radius 3 is 2.22 bits per heavy atom. The summed E-state index contributed by atoms with van der Waals surface area (Å²) < 4.78 is 0. The van der Waals surface area contributed by atoms with Crippen molar-refractivity contribution in [2.24, 2.45) is 5.92 Å². The van der Waals surface area contributed by atoms with E-state index in [0.29, 0.717) is 6.54 Å². The van der Waals surface area contributed by atoms with Crippen LogP contribution in [0.15, 0.2) is 48.5 Å². The summed E-state index contributed by atoms with van der Waals surface area (Å²) in [4.78, 5) is 31.2. The van der Waals surface area contributed by atoms with Gasteiger partial charge in [-0.25, -0.2) is 0 Å². The predicted molar refractivity (Wildman–Crippen MR) is 148 cm³/mol. The Labute approximate surface area is 217 Å². The first-order chi connectivity index (χ1) is 17.5. The normalized spacial score (nSPS) is 17.5. The number of hydrogen-bond acceptors (Lipinski definition) is 3. The van der Waals surface area contributed by atoms with Crippen LogP contribution < -0.4 is 10.2 Å². The number of nitrogens with one attached hydrogen (secondary N) is 1. The van der Waals surface area contributed by atoms with Crippen LogP contribution in [0.25, 0.3) is 0 Å². The van der Waals surface area contributed by atoms with Gasteiger partial charge in [0.25, 0.3) is 0 Å². The average Bonchev–Trinajstić information content (AvgIpc) is 3.44. The summed E-state index contributed by atoms with van der Waals surface area (Å²) in [5.74, 6) is 0.340. The van der Waals surface area contributed by atoms with E-state index in [9.17, 15) is 9.59 Å². The van der Waals surface area contributed by atoms with Crippen LogP contribution in [-0.4, -0.2) is 36.9 Å². The molecule has 2 fully saturated rings. The molecule has 1 N–H and O–H groups in total. The first kappa shape index (κ1) is 26.2. The third-order valence-corrected chi connectivity index (χ3v) is 8.10. The van der Waals surface area contributed by atoms with Gasteiger partial charge in [-0.15, -0.1) is 0 Å². The van der Waals surface area contributed by atoms with Crippen LogP contribution in [0, 0.1) is 5.92 Å². The van der Waals surface area contributed by atoms with Gasteiger partial charge in [-0.05, 0) is 61.4 Å². The SMILES string of the molecule is CC[C@@H](C(=O)N(Cc1cc(NC(=O)C2CCCC2)ccc1N(C)C)C1CCCCC1)c1ccccc1. The fraction of sp³-hybridized carbons (Fsp3) is 0.548. The van der Waals surface area contributed by atoms with Crippen molar-refractivity contribution < 1.29 is 9.59 Å². The van der Waals surface area contributed by atoms with Gasteiger partial charge in [0.2, 0.25) is 11.8 Å². The first-order valence-electron chi connectivity index (χ1n) is 13.9. The number of carbonyl (C=O) groups excluding carboxylic acids is 2. The smallest absolute Gasteiger partial charge is 0.230 e. The Bertz CT molecular complexity index is 1010. The average molecular weight is 490 g/mol. The van der Waals surface area contributed by atoms with E-state index in [4.69, 9.17) is 0 Å². The highest BCUT2D eigenvalue weighted by Crippen LogP contribution is 2.33. The van der Waals surface area contributed by atoms with Crippen molar-refractivity contribution in [1.82, 2.24) is 4.90 Å². The minimum atomic E-state index is -0.138. The zero-order valence-electron chi connectivity index (χ0n) is 22.3. The molecule has 2 amide bonds. The molecule has 2 saturated carbocycles. The zero-order chi connectivity index (χ0) is 25.5. The molecule has 36 heavy (non-hydrogen) atoms. The van der Waals surface area contributed by atoms with Crippen LogP contribution >= 0.6 is 0 Å². The molecule has 0 spiro atoms. The Morgan fingerprint density at radius 1 is 0.917 bits per heavy atom. The second kappa shape index (κ2) is 12.4. The van der Waals surface area contributed by atoms with E-state index in [1.807, 2.05) is 38.4 Å². The van der Waals surface area contributed by atoms with E-state index in [2.05, 4.69) is 46.3 Å². The molecule has 2 aromatic rings. The highest BCUT2D eigenvalue weighted by atomic mass is 16.2. The zero-order valence-corrected chi connectivity index (χ0v) is 22.3. The van der Waals surface area contributed by atoms with Crippen LogP contribution in [0.2, 0.25) is 0 Å². The second-order valence-corrected chi connectivity index (χ2v) is 10.8. The van der Waals surface area contributed by atoms with Crippen LogP contribution in [0.3, 0.4) is 0 Å². The van der Waals surface area contributed by atoms with Gasteiger partial charge in [0.15, 0.2) is 0 Å². The first-order valence-corrected chi connectivity index (χ1v) is 13.9. The monoisotopic (exact) mass is 489 g/mol. The maximum absolute atomic E-state index is 14.1.